The summed E-state index contributed by atoms with van der Waals surface area (Å²) in [6, 6.07) is 8.77. The van der Waals surface area contributed by atoms with Crippen molar-refractivity contribution in [1.82, 2.24) is 10.2 Å². The number of para-hydroxylation sites is 1. The first-order chi connectivity index (χ1) is 7.74. The van der Waals surface area contributed by atoms with Crippen LogP contribution in [0.25, 0.3) is 0 Å². The van der Waals surface area contributed by atoms with Crippen LogP contribution in [0.2, 0.25) is 0 Å². The number of rotatable bonds is 2. The van der Waals surface area contributed by atoms with E-state index < -0.39 is 6.09 Å². The highest BCUT2D eigenvalue weighted by Crippen LogP contribution is 2.13. The number of aromatic nitrogens is 2. The van der Waals surface area contributed by atoms with E-state index in [-0.39, 0.29) is 0 Å². The topological polar surface area (TPSA) is 67.0 Å². The summed E-state index contributed by atoms with van der Waals surface area (Å²) in [7, 11) is 0. The summed E-state index contributed by atoms with van der Waals surface area (Å²) in [4.78, 5) is 11.4. The molecule has 1 aromatic heterocycles. The van der Waals surface area contributed by atoms with E-state index >= 15 is 0 Å². The van der Waals surface area contributed by atoms with Crippen LogP contribution in [0.15, 0.2) is 30.3 Å². The molecule has 0 aliphatic carbocycles. The molecule has 1 heterocycles. The zero-order valence-electron chi connectivity index (χ0n) is 7.97. The van der Waals surface area contributed by atoms with Gasteiger partial charge in [-0.15, -0.1) is 5.10 Å². The molecule has 0 fully saturated rings. The molecule has 5 nitrogen and oxygen atoms in total. The second-order valence-electron chi connectivity index (χ2n) is 2.75. The van der Waals surface area contributed by atoms with Gasteiger partial charge in [0, 0.05) is 0 Å². The highest BCUT2D eigenvalue weighted by molar-refractivity contribution is 7.73. The lowest BCUT2D eigenvalue weighted by atomic mass is 10.3. The van der Waals surface area contributed by atoms with Crippen LogP contribution >= 0.6 is 23.6 Å². The number of anilines is 1. The van der Waals surface area contributed by atoms with Gasteiger partial charge in [0.25, 0.3) is 0 Å². The number of carbonyl (C=O) groups excluding carboxylic acids is 1. The molecule has 0 radical (unpaired) electrons. The Balaban J connectivity index is 1.97. The summed E-state index contributed by atoms with van der Waals surface area (Å²) >= 11 is 5.99. The molecular weight excluding hydrogens is 246 g/mol. The minimum absolute atomic E-state index is 0.380. The third-order valence-corrected chi connectivity index (χ3v) is 2.61. The predicted octanol–water partition coefficient (Wildman–Crippen LogP) is 2.81. The summed E-state index contributed by atoms with van der Waals surface area (Å²) < 4.78 is 5.49. The predicted molar refractivity (Wildman–Crippen MR) is 63.4 cm³/mol. The third-order valence-electron chi connectivity index (χ3n) is 1.60. The smallest absolute Gasteiger partial charge is 0.410 e. The zero-order chi connectivity index (χ0) is 11.4. The average Bonchev–Trinajstić information content (AvgIpc) is 2.65. The highest BCUT2D eigenvalue weighted by Gasteiger charge is 2.06. The van der Waals surface area contributed by atoms with Gasteiger partial charge in [-0.1, -0.05) is 29.5 Å². The number of nitrogens with one attached hydrogen (secondary N) is 2. The van der Waals surface area contributed by atoms with Gasteiger partial charge in [0.1, 0.15) is 5.75 Å². The lowest BCUT2D eigenvalue weighted by Crippen LogP contribution is -2.16. The van der Waals surface area contributed by atoms with Crippen molar-refractivity contribution in [2.75, 3.05) is 5.32 Å². The molecule has 16 heavy (non-hydrogen) atoms. The Morgan fingerprint density at radius 1 is 1.44 bits per heavy atom. The normalized spacial score (nSPS) is 9.75. The van der Waals surface area contributed by atoms with Crippen molar-refractivity contribution in [3.63, 3.8) is 0 Å². The quantitative estimate of drug-likeness (QED) is 0.808. The van der Waals surface area contributed by atoms with Crippen LogP contribution in [0.3, 0.4) is 0 Å². The first kappa shape index (κ1) is 10.8. The van der Waals surface area contributed by atoms with Crippen molar-refractivity contribution in [1.29, 1.82) is 0 Å². The minimum Gasteiger partial charge on any atom is -0.410 e. The maximum absolute atomic E-state index is 11.4. The molecular formula is C9H7N3O2S2. The van der Waals surface area contributed by atoms with E-state index in [1.807, 2.05) is 6.07 Å². The maximum atomic E-state index is 11.4. The van der Waals surface area contributed by atoms with E-state index in [2.05, 4.69) is 15.5 Å². The number of amides is 1. The Morgan fingerprint density at radius 3 is 2.81 bits per heavy atom. The SMILES string of the molecule is O=C(Nc1n[nH]c(=S)s1)Oc1ccccc1. The van der Waals surface area contributed by atoms with Gasteiger partial charge in [-0.3, -0.25) is 10.4 Å². The molecule has 0 aliphatic rings. The lowest BCUT2D eigenvalue weighted by Gasteiger charge is -2.02. The summed E-state index contributed by atoms with van der Waals surface area (Å²) in [5.74, 6) is 0.471. The largest absolute Gasteiger partial charge is 0.418 e. The minimum atomic E-state index is -0.594. The number of aromatic amines is 1. The Labute approximate surface area is 100 Å². The molecule has 2 rings (SSSR count). The number of H-pyrrole nitrogens is 1. The van der Waals surface area contributed by atoms with Gasteiger partial charge < -0.3 is 4.74 Å². The zero-order valence-corrected chi connectivity index (χ0v) is 9.60. The molecule has 0 saturated heterocycles. The summed E-state index contributed by atoms with van der Waals surface area (Å²) in [5.41, 5.74) is 0. The molecule has 0 atom stereocenters. The molecule has 0 aliphatic heterocycles. The van der Waals surface area contributed by atoms with Crippen molar-refractivity contribution in [2.45, 2.75) is 0 Å². The number of hydrogen-bond donors (Lipinski definition) is 2. The standard InChI is InChI=1S/C9H7N3O2S2/c13-8(10-7-11-12-9(15)16-7)14-6-4-2-1-3-5-6/h1-5H,(H,12,15)(H,10,11,13). The summed E-state index contributed by atoms with van der Waals surface area (Å²) in [6.07, 6.45) is -0.594. The van der Waals surface area contributed by atoms with E-state index in [1.165, 1.54) is 0 Å². The van der Waals surface area contributed by atoms with E-state index in [4.69, 9.17) is 17.0 Å². The summed E-state index contributed by atoms with van der Waals surface area (Å²) in [5, 5.41) is 9.17. The van der Waals surface area contributed by atoms with Crippen LogP contribution in [0.4, 0.5) is 9.93 Å². The van der Waals surface area contributed by atoms with Gasteiger partial charge in [-0.25, -0.2) is 4.79 Å². The first-order valence-corrected chi connectivity index (χ1v) is 5.56. The fourth-order valence-corrected chi connectivity index (χ4v) is 1.77. The van der Waals surface area contributed by atoms with Crippen molar-refractivity contribution in [3.8, 4) is 5.75 Å². The van der Waals surface area contributed by atoms with E-state index in [0.717, 1.165) is 11.3 Å². The van der Waals surface area contributed by atoms with Crippen LogP contribution in [0.5, 0.6) is 5.75 Å². The fraction of sp³-hybridized carbons (Fsp3) is 0. The van der Waals surface area contributed by atoms with Crippen molar-refractivity contribution < 1.29 is 9.53 Å². The van der Waals surface area contributed by atoms with Gasteiger partial charge in [-0.2, -0.15) is 0 Å². The number of carbonyl (C=O) groups is 1. The van der Waals surface area contributed by atoms with Crippen LogP contribution in [0, 0.1) is 3.95 Å². The van der Waals surface area contributed by atoms with Gasteiger partial charge in [-0.05, 0) is 24.4 Å². The molecule has 0 bridgehead atoms. The Kier molecular flexibility index (Phi) is 3.28. The van der Waals surface area contributed by atoms with E-state index in [9.17, 15) is 4.79 Å². The molecule has 0 saturated carbocycles. The molecule has 0 spiro atoms. The Bertz CT molecular complexity index is 535. The number of ether oxygens (including phenoxy) is 1. The molecule has 1 amide bonds. The van der Waals surface area contributed by atoms with Crippen molar-refractivity contribution >= 4 is 34.8 Å². The van der Waals surface area contributed by atoms with Gasteiger partial charge in [0.15, 0.2) is 3.95 Å². The molecule has 7 heteroatoms. The van der Waals surface area contributed by atoms with E-state index in [1.54, 1.807) is 24.3 Å². The van der Waals surface area contributed by atoms with Crippen LogP contribution in [-0.2, 0) is 0 Å². The van der Waals surface area contributed by atoms with Gasteiger partial charge in [0.2, 0.25) is 5.13 Å². The van der Waals surface area contributed by atoms with Crippen LogP contribution < -0.4 is 10.1 Å². The van der Waals surface area contributed by atoms with Crippen LogP contribution in [0.1, 0.15) is 0 Å². The van der Waals surface area contributed by atoms with Crippen LogP contribution in [-0.4, -0.2) is 16.3 Å². The number of hydrogen-bond acceptors (Lipinski definition) is 5. The Morgan fingerprint density at radius 2 is 2.19 bits per heavy atom. The van der Waals surface area contributed by atoms with Crippen molar-refractivity contribution in [3.05, 3.63) is 34.3 Å². The lowest BCUT2D eigenvalue weighted by molar-refractivity contribution is 0.215. The number of nitrogens with zero attached hydrogens (tertiary/aromatic N) is 1. The second-order valence-corrected chi connectivity index (χ2v) is 4.41. The molecule has 2 aromatic rings. The molecule has 0 unspecified atom stereocenters. The molecule has 1 aromatic carbocycles. The monoisotopic (exact) mass is 253 g/mol. The van der Waals surface area contributed by atoms with Gasteiger partial charge >= 0.3 is 6.09 Å². The maximum Gasteiger partial charge on any atom is 0.418 e. The Hall–Kier alpha value is -1.73. The number of benzene rings is 1. The van der Waals surface area contributed by atoms with Crippen molar-refractivity contribution in [2.24, 2.45) is 0 Å². The van der Waals surface area contributed by atoms with Gasteiger partial charge in [0.05, 0.1) is 0 Å². The average molecular weight is 253 g/mol. The fourth-order valence-electron chi connectivity index (χ4n) is 0.992. The molecule has 82 valence electrons. The molecule has 2 N–H and O–H groups in total. The summed E-state index contributed by atoms with van der Waals surface area (Å²) in [6.45, 7) is 0. The second kappa shape index (κ2) is 4.86. The van der Waals surface area contributed by atoms with E-state index in [0.29, 0.717) is 14.8 Å². The first-order valence-electron chi connectivity index (χ1n) is 4.33. The highest BCUT2D eigenvalue weighted by atomic mass is 32.1. The third kappa shape index (κ3) is 2.88.